The number of phenolic OH excluding ortho intramolecular Hbond substituents is 1. The lowest BCUT2D eigenvalue weighted by molar-refractivity contribution is -0.130. The van der Waals surface area contributed by atoms with Gasteiger partial charge < -0.3 is 10.2 Å². The van der Waals surface area contributed by atoms with Gasteiger partial charge in [0.2, 0.25) is 0 Å². The minimum Gasteiger partial charge on any atom is -0.507 e. The maximum absolute atomic E-state index is 10.6. The Bertz CT molecular complexity index is 351. The number of hydrogen-bond acceptors (Lipinski definition) is 2. The lowest BCUT2D eigenvalue weighted by Gasteiger charge is -2.05. The average molecular weight is 243 g/mol. The molecule has 0 fully saturated rings. The van der Waals surface area contributed by atoms with E-state index in [4.69, 9.17) is 5.11 Å². The predicted octanol–water partition coefficient (Wildman–Crippen LogP) is 2.25. The van der Waals surface area contributed by atoms with Crippen LogP contribution >= 0.6 is 15.9 Å². The van der Waals surface area contributed by atoms with Crippen LogP contribution in [0.25, 0.3) is 5.57 Å². The van der Waals surface area contributed by atoms with E-state index in [1.165, 1.54) is 6.07 Å². The van der Waals surface area contributed by atoms with Crippen molar-refractivity contribution in [1.82, 2.24) is 0 Å². The summed E-state index contributed by atoms with van der Waals surface area (Å²) in [5.41, 5.74) is 0.0833. The number of aromatic hydroxyl groups is 1. The molecule has 3 nitrogen and oxygen atoms in total. The van der Waals surface area contributed by atoms with Crippen molar-refractivity contribution in [1.29, 1.82) is 0 Å². The van der Waals surface area contributed by atoms with Gasteiger partial charge in [-0.1, -0.05) is 28.6 Å². The van der Waals surface area contributed by atoms with E-state index in [1.807, 2.05) is 0 Å². The van der Waals surface area contributed by atoms with Crippen molar-refractivity contribution < 1.29 is 15.0 Å². The Morgan fingerprint density at radius 2 is 2.08 bits per heavy atom. The fourth-order valence-electron chi connectivity index (χ4n) is 0.918. The SMILES string of the molecule is C=C(C(=O)O)c1c(O)cccc1Br. The summed E-state index contributed by atoms with van der Waals surface area (Å²) in [6.45, 7) is 3.36. The highest BCUT2D eigenvalue weighted by atomic mass is 79.9. The van der Waals surface area contributed by atoms with Gasteiger partial charge in [0.15, 0.2) is 0 Å². The van der Waals surface area contributed by atoms with Crippen LogP contribution in [0.5, 0.6) is 5.75 Å². The van der Waals surface area contributed by atoms with Gasteiger partial charge in [-0.25, -0.2) is 4.79 Å². The Labute approximate surface area is 83.5 Å². The van der Waals surface area contributed by atoms with Crippen LogP contribution in [-0.2, 0) is 4.79 Å². The van der Waals surface area contributed by atoms with Gasteiger partial charge in [-0.05, 0) is 12.1 Å². The third-order valence-electron chi connectivity index (χ3n) is 1.55. The van der Waals surface area contributed by atoms with Crippen molar-refractivity contribution in [3.8, 4) is 5.75 Å². The van der Waals surface area contributed by atoms with Gasteiger partial charge in [-0.2, -0.15) is 0 Å². The van der Waals surface area contributed by atoms with E-state index < -0.39 is 5.97 Å². The van der Waals surface area contributed by atoms with Crippen LogP contribution in [0.2, 0.25) is 0 Å². The second-order valence-electron chi connectivity index (χ2n) is 2.42. The molecule has 0 saturated carbocycles. The van der Waals surface area contributed by atoms with E-state index in [1.54, 1.807) is 12.1 Å². The summed E-state index contributed by atoms with van der Waals surface area (Å²) in [6, 6.07) is 4.66. The highest BCUT2D eigenvalue weighted by Crippen LogP contribution is 2.31. The molecule has 2 N–H and O–H groups in total. The number of carbonyl (C=O) groups is 1. The van der Waals surface area contributed by atoms with E-state index in [0.717, 1.165) is 0 Å². The molecular weight excluding hydrogens is 236 g/mol. The lowest BCUT2D eigenvalue weighted by Crippen LogP contribution is -1.98. The van der Waals surface area contributed by atoms with Crippen LogP contribution in [0.3, 0.4) is 0 Å². The summed E-state index contributed by atoms with van der Waals surface area (Å²) < 4.78 is 0.514. The van der Waals surface area contributed by atoms with Gasteiger partial charge in [0.25, 0.3) is 0 Å². The molecule has 0 atom stereocenters. The smallest absolute Gasteiger partial charge is 0.335 e. The second-order valence-corrected chi connectivity index (χ2v) is 3.27. The Balaban J connectivity index is 3.28. The molecule has 0 bridgehead atoms. The van der Waals surface area contributed by atoms with Gasteiger partial charge in [0, 0.05) is 10.0 Å². The highest BCUT2D eigenvalue weighted by Gasteiger charge is 2.14. The Morgan fingerprint density at radius 1 is 1.46 bits per heavy atom. The zero-order valence-corrected chi connectivity index (χ0v) is 8.21. The molecule has 0 heterocycles. The van der Waals surface area contributed by atoms with Crippen LogP contribution in [0, 0.1) is 0 Å². The van der Waals surface area contributed by atoms with Gasteiger partial charge in [-0.3, -0.25) is 0 Å². The Kier molecular flexibility index (Phi) is 2.72. The number of benzene rings is 1. The second kappa shape index (κ2) is 3.62. The van der Waals surface area contributed by atoms with Gasteiger partial charge in [0.1, 0.15) is 5.75 Å². The van der Waals surface area contributed by atoms with E-state index in [9.17, 15) is 9.90 Å². The van der Waals surface area contributed by atoms with Crippen molar-refractivity contribution in [2.75, 3.05) is 0 Å². The number of hydrogen-bond donors (Lipinski definition) is 2. The fraction of sp³-hybridized carbons (Fsp3) is 0. The van der Waals surface area contributed by atoms with Crippen molar-refractivity contribution in [3.63, 3.8) is 0 Å². The van der Waals surface area contributed by atoms with Crippen molar-refractivity contribution in [2.45, 2.75) is 0 Å². The standard InChI is InChI=1S/C9H7BrO3/c1-5(9(12)13)8-6(10)3-2-4-7(8)11/h2-4,11H,1H2,(H,12,13). The molecule has 0 aliphatic heterocycles. The zero-order chi connectivity index (χ0) is 10.0. The molecule has 0 spiro atoms. The molecule has 1 aromatic carbocycles. The molecule has 68 valence electrons. The van der Waals surface area contributed by atoms with E-state index >= 15 is 0 Å². The molecule has 1 aromatic rings. The minimum absolute atomic E-state index is 0.0956. The molecule has 0 radical (unpaired) electrons. The summed E-state index contributed by atoms with van der Waals surface area (Å²) in [5.74, 6) is -1.25. The van der Waals surface area contributed by atoms with Gasteiger partial charge >= 0.3 is 5.97 Å². The number of carboxylic acid groups (broad SMARTS) is 1. The Hall–Kier alpha value is -1.29. The summed E-state index contributed by atoms with van der Waals surface area (Å²) in [4.78, 5) is 10.6. The van der Waals surface area contributed by atoms with Crippen molar-refractivity contribution in [2.24, 2.45) is 0 Å². The summed E-state index contributed by atoms with van der Waals surface area (Å²) >= 11 is 3.13. The average Bonchev–Trinajstić information content (AvgIpc) is 2.03. The van der Waals surface area contributed by atoms with Crippen LogP contribution < -0.4 is 0 Å². The molecule has 0 aliphatic rings. The zero-order valence-electron chi connectivity index (χ0n) is 6.62. The highest BCUT2D eigenvalue weighted by molar-refractivity contribution is 9.10. The maximum atomic E-state index is 10.6. The van der Waals surface area contributed by atoms with Gasteiger partial charge in [-0.15, -0.1) is 0 Å². The third kappa shape index (κ3) is 1.89. The van der Waals surface area contributed by atoms with Crippen LogP contribution in [-0.4, -0.2) is 16.2 Å². The van der Waals surface area contributed by atoms with Gasteiger partial charge in [0.05, 0.1) is 5.57 Å². The van der Waals surface area contributed by atoms with Crippen molar-refractivity contribution >= 4 is 27.5 Å². The quantitative estimate of drug-likeness (QED) is 0.783. The third-order valence-corrected chi connectivity index (χ3v) is 2.21. The monoisotopic (exact) mass is 242 g/mol. The lowest BCUT2D eigenvalue weighted by atomic mass is 10.1. The summed E-state index contributed by atoms with van der Waals surface area (Å²) in [5, 5.41) is 18.0. The fourth-order valence-corrected chi connectivity index (χ4v) is 1.51. The number of phenols is 1. The predicted molar refractivity (Wildman–Crippen MR) is 52.5 cm³/mol. The van der Waals surface area contributed by atoms with Crippen LogP contribution in [0.15, 0.2) is 29.3 Å². The molecule has 0 amide bonds. The minimum atomic E-state index is -1.15. The molecule has 0 saturated heterocycles. The first kappa shape index (κ1) is 9.80. The summed E-state index contributed by atoms with van der Waals surface area (Å²) in [7, 11) is 0. The number of carboxylic acids is 1. The van der Waals surface area contributed by atoms with E-state index in [-0.39, 0.29) is 16.9 Å². The number of aliphatic carboxylic acids is 1. The molecule has 13 heavy (non-hydrogen) atoms. The molecular formula is C9H7BrO3. The van der Waals surface area contributed by atoms with E-state index in [2.05, 4.69) is 22.5 Å². The number of halogens is 1. The van der Waals surface area contributed by atoms with Crippen LogP contribution in [0.4, 0.5) is 0 Å². The molecule has 1 rings (SSSR count). The van der Waals surface area contributed by atoms with E-state index in [0.29, 0.717) is 4.47 Å². The molecule has 0 unspecified atom stereocenters. The Morgan fingerprint density at radius 3 is 2.54 bits per heavy atom. The van der Waals surface area contributed by atoms with Crippen LogP contribution in [0.1, 0.15) is 5.56 Å². The number of rotatable bonds is 2. The van der Waals surface area contributed by atoms with Crippen molar-refractivity contribution in [3.05, 3.63) is 34.8 Å². The largest absolute Gasteiger partial charge is 0.507 e. The first-order valence-electron chi connectivity index (χ1n) is 3.44. The maximum Gasteiger partial charge on any atom is 0.335 e. The normalized spacial score (nSPS) is 9.62. The first-order valence-corrected chi connectivity index (χ1v) is 4.23. The molecule has 0 aliphatic carbocycles. The summed E-state index contributed by atoms with van der Waals surface area (Å²) in [6.07, 6.45) is 0. The molecule has 0 aromatic heterocycles. The topological polar surface area (TPSA) is 57.5 Å². The first-order chi connectivity index (χ1) is 6.04. The molecule has 4 heteroatoms.